The van der Waals surface area contributed by atoms with Crippen LogP contribution in [0, 0.1) is 5.92 Å². The molecule has 1 heterocycles. The van der Waals surface area contributed by atoms with Crippen LogP contribution >= 0.6 is 0 Å². The number of rotatable bonds is 8. The van der Waals surface area contributed by atoms with Crippen molar-refractivity contribution in [3.05, 3.63) is 90.0 Å². The molecule has 6 nitrogen and oxygen atoms in total. The van der Waals surface area contributed by atoms with Crippen LogP contribution in [0.15, 0.2) is 78.9 Å². The SMILES string of the molecule is CC1CCN(c2ccc(NC(=O)COc3ccccc3)cc2C(=O)NCc2ccccc2)CC1. The van der Waals surface area contributed by atoms with Gasteiger partial charge in [-0.05, 0) is 54.7 Å². The van der Waals surface area contributed by atoms with E-state index < -0.39 is 0 Å². The van der Waals surface area contributed by atoms with Gasteiger partial charge < -0.3 is 20.3 Å². The van der Waals surface area contributed by atoms with E-state index in [4.69, 9.17) is 4.74 Å². The van der Waals surface area contributed by atoms with E-state index in [-0.39, 0.29) is 18.4 Å². The van der Waals surface area contributed by atoms with Crippen LogP contribution in [0.4, 0.5) is 11.4 Å². The van der Waals surface area contributed by atoms with E-state index in [1.165, 1.54) is 0 Å². The van der Waals surface area contributed by atoms with E-state index in [9.17, 15) is 9.59 Å². The van der Waals surface area contributed by atoms with Gasteiger partial charge in [0, 0.05) is 31.0 Å². The topological polar surface area (TPSA) is 70.7 Å². The number of nitrogens with one attached hydrogen (secondary N) is 2. The van der Waals surface area contributed by atoms with Gasteiger partial charge in [-0.25, -0.2) is 0 Å². The average molecular weight is 458 g/mol. The molecule has 0 radical (unpaired) electrons. The summed E-state index contributed by atoms with van der Waals surface area (Å²) in [5.74, 6) is 0.885. The Morgan fingerprint density at radius 1 is 0.941 bits per heavy atom. The number of carbonyl (C=O) groups is 2. The lowest BCUT2D eigenvalue weighted by atomic mass is 9.97. The lowest BCUT2D eigenvalue weighted by Gasteiger charge is -2.33. The maximum absolute atomic E-state index is 13.2. The molecular weight excluding hydrogens is 426 g/mol. The van der Waals surface area contributed by atoms with Gasteiger partial charge in [-0.15, -0.1) is 0 Å². The van der Waals surface area contributed by atoms with Crippen LogP contribution in [0.2, 0.25) is 0 Å². The van der Waals surface area contributed by atoms with Gasteiger partial charge in [0.15, 0.2) is 6.61 Å². The number of ether oxygens (including phenoxy) is 1. The molecule has 0 saturated carbocycles. The first kappa shape index (κ1) is 23.4. The van der Waals surface area contributed by atoms with Crippen molar-refractivity contribution in [1.29, 1.82) is 0 Å². The normalized spacial score (nSPS) is 13.9. The van der Waals surface area contributed by atoms with Crippen LogP contribution in [-0.2, 0) is 11.3 Å². The number of carbonyl (C=O) groups excluding carboxylic acids is 2. The summed E-state index contributed by atoms with van der Waals surface area (Å²) in [7, 11) is 0. The molecule has 2 amide bonds. The van der Waals surface area contributed by atoms with Gasteiger partial charge >= 0.3 is 0 Å². The molecule has 1 aliphatic heterocycles. The summed E-state index contributed by atoms with van der Waals surface area (Å²) in [6, 6.07) is 24.6. The number of hydrogen-bond donors (Lipinski definition) is 2. The third-order valence-corrected chi connectivity index (χ3v) is 6.06. The van der Waals surface area contributed by atoms with Crippen LogP contribution in [0.5, 0.6) is 5.75 Å². The molecule has 2 N–H and O–H groups in total. The van der Waals surface area contributed by atoms with E-state index in [1.54, 1.807) is 18.2 Å². The minimum absolute atomic E-state index is 0.106. The predicted octanol–water partition coefficient (Wildman–Crippen LogP) is 4.87. The molecular formula is C28H31N3O3. The van der Waals surface area contributed by atoms with Gasteiger partial charge in [-0.1, -0.05) is 55.5 Å². The van der Waals surface area contributed by atoms with Crippen LogP contribution in [0.25, 0.3) is 0 Å². The molecule has 0 aromatic heterocycles. The number of benzene rings is 3. The van der Waals surface area contributed by atoms with Crippen molar-refractivity contribution >= 4 is 23.2 Å². The molecule has 176 valence electrons. The lowest BCUT2D eigenvalue weighted by Crippen LogP contribution is -2.35. The number of para-hydroxylation sites is 1. The first-order chi connectivity index (χ1) is 16.6. The van der Waals surface area contributed by atoms with Crippen molar-refractivity contribution in [2.45, 2.75) is 26.3 Å². The third-order valence-electron chi connectivity index (χ3n) is 6.06. The molecule has 6 heteroatoms. The van der Waals surface area contributed by atoms with Crippen LogP contribution in [-0.4, -0.2) is 31.5 Å². The maximum Gasteiger partial charge on any atom is 0.262 e. The zero-order chi connectivity index (χ0) is 23.8. The highest BCUT2D eigenvalue weighted by Gasteiger charge is 2.22. The molecule has 1 fully saturated rings. The Balaban J connectivity index is 1.48. The molecule has 4 rings (SSSR count). The fourth-order valence-corrected chi connectivity index (χ4v) is 4.06. The predicted molar refractivity (Wildman–Crippen MR) is 135 cm³/mol. The molecule has 0 unspecified atom stereocenters. The summed E-state index contributed by atoms with van der Waals surface area (Å²) in [5, 5.41) is 5.88. The first-order valence-electron chi connectivity index (χ1n) is 11.8. The summed E-state index contributed by atoms with van der Waals surface area (Å²) in [6.07, 6.45) is 2.20. The van der Waals surface area contributed by atoms with Crippen molar-refractivity contribution < 1.29 is 14.3 Å². The van der Waals surface area contributed by atoms with E-state index in [1.807, 2.05) is 60.7 Å². The van der Waals surface area contributed by atoms with Gasteiger partial charge in [-0.3, -0.25) is 9.59 Å². The Hall–Kier alpha value is -3.80. The highest BCUT2D eigenvalue weighted by molar-refractivity contribution is 6.02. The number of nitrogens with zero attached hydrogens (tertiary/aromatic N) is 1. The fourth-order valence-electron chi connectivity index (χ4n) is 4.06. The molecule has 0 atom stereocenters. The Bertz CT molecular complexity index is 1090. The molecule has 0 spiro atoms. The van der Waals surface area contributed by atoms with Crippen molar-refractivity contribution in [3.8, 4) is 5.75 Å². The quantitative estimate of drug-likeness (QED) is 0.506. The Morgan fingerprint density at radius 3 is 2.32 bits per heavy atom. The van der Waals surface area contributed by atoms with Gasteiger partial charge in [0.05, 0.1) is 5.56 Å². The summed E-state index contributed by atoms with van der Waals surface area (Å²) in [4.78, 5) is 27.9. The van der Waals surface area contributed by atoms with Gasteiger partial charge in [0.2, 0.25) is 0 Å². The second-order valence-corrected chi connectivity index (χ2v) is 8.72. The monoisotopic (exact) mass is 457 g/mol. The van der Waals surface area contributed by atoms with Crippen molar-refractivity contribution in [3.63, 3.8) is 0 Å². The van der Waals surface area contributed by atoms with Gasteiger partial charge in [0.1, 0.15) is 5.75 Å². The average Bonchev–Trinajstić information content (AvgIpc) is 2.88. The highest BCUT2D eigenvalue weighted by atomic mass is 16.5. The molecule has 1 saturated heterocycles. The molecule has 1 aliphatic rings. The van der Waals surface area contributed by atoms with E-state index in [0.717, 1.165) is 37.2 Å². The minimum atomic E-state index is -0.279. The van der Waals surface area contributed by atoms with Gasteiger partial charge in [0.25, 0.3) is 11.8 Å². The molecule has 0 aliphatic carbocycles. The molecule has 0 bridgehead atoms. The van der Waals surface area contributed by atoms with Gasteiger partial charge in [-0.2, -0.15) is 0 Å². The highest BCUT2D eigenvalue weighted by Crippen LogP contribution is 2.29. The van der Waals surface area contributed by atoms with E-state index in [2.05, 4.69) is 22.5 Å². The smallest absolute Gasteiger partial charge is 0.262 e. The largest absolute Gasteiger partial charge is 0.484 e. The van der Waals surface area contributed by atoms with Crippen LogP contribution in [0.3, 0.4) is 0 Å². The maximum atomic E-state index is 13.2. The van der Waals surface area contributed by atoms with Crippen molar-refractivity contribution in [2.75, 3.05) is 29.9 Å². The summed E-state index contributed by atoms with van der Waals surface area (Å²) in [6.45, 7) is 4.43. The molecule has 34 heavy (non-hydrogen) atoms. The first-order valence-corrected chi connectivity index (χ1v) is 11.8. The second kappa shape index (κ2) is 11.4. The van der Waals surface area contributed by atoms with Crippen molar-refractivity contribution in [1.82, 2.24) is 5.32 Å². The zero-order valence-electron chi connectivity index (χ0n) is 19.5. The number of anilines is 2. The van der Waals surface area contributed by atoms with E-state index >= 15 is 0 Å². The summed E-state index contributed by atoms with van der Waals surface area (Å²) in [5.41, 5.74) is 3.07. The summed E-state index contributed by atoms with van der Waals surface area (Å²) >= 11 is 0. The standard InChI is InChI=1S/C28H31N3O3/c1-21-14-16-31(17-15-21)26-13-12-23(30-27(32)20-34-24-10-6-3-7-11-24)18-25(26)28(33)29-19-22-8-4-2-5-9-22/h2-13,18,21H,14-17,19-20H2,1H3,(H,29,33)(H,30,32). The molecule has 3 aromatic carbocycles. The van der Waals surface area contributed by atoms with Crippen LogP contribution in [0.1, 0.15) is 35.7 Å². The lowest BCUT2D eigenvalue weighted by molar-refractivity contribution is -0.118. The number of piperidine rings is 1. The number of hydrogen-bond acceptors (Lipinski definition) is 4. The Morgan fingerprint density at radius 2 is 1.62 bits per heavy atom. The van der Waals surface area contributed by atoms with E-state index in [0.29, 0.717) is 29.5 Å². The minimum Gasteiger partial charge on any atom is -0.484 e. The van der Waals surface area contributed by atoms with Crippen molar-refractivity contribution in [2.24, 2.45) is 5.92 Å². The fraction of sp³-hybridized carbons (Fsp3) is 0.286. The summed E-state index contributed by atoms with van der Waals surface area (Å²) < 4.78 is 5.53. The third kappa shape index (κ3) is 6.38. The van der Waals surface area contributed by atoms with Crippen LogP contribution < -0.4 is 20.3 Å². The Labute approximate surface area is 200 Å². The number of amides is 2. The molecule has 3 aromatic rings. The zero-order valence-corrected chi connectivity index (χ0v) is 19.5. The second-order valence-electron chi connectivity index (χ2n) is 8.72. The Kier molecular flexibility index (Phi) is 7.81.